The summed E-state index contributed by atoms with van der Waals surface area (Å²) in [5.41, 5.74) is 7.64. The number of rotatable bonds is 5. The molecule has 27 heavy (non-hydrogen) atoms. The SMILES string of the molecule is O=C(NNC(=O)[C@H]1NC[C@H](NOS(=O)(=O)O)c2ccsc21)c1ccccn1. The molecule has 2 atom stereocenters. The number of hydrazine groups is 1. The van der Waals surface area contributed by atoms with Gasteiger partial charge in [-0.25, -0.2) is 0 Å². The van der Waals surface area contributed by atoms with Crippen molar-refractivity contribution in [1.82, 2.24) is 26.6 Å². The Morgan fingerprint density at radius 3 is 2.81 bits per heavy atom. The first-order valence-corrected chi connectivity index (χ1v) is 9.83. The minimum Gasteiger partial charge on any atom is -0.299 e. The van der Waals surface area contributed by atoms with Crippen LogP contribution >= 0.6 is 11.3 Å². The number of amides is 2. The van der Waals surface area contributed by atoms with E-state index in [2.05, 4.69) is 30.9 Å². The fourth-order valence-corrected chi connectivity index (χ4v) is 3.75. The van der Waals surface area contributed by atoms with E-state index < -0.39 is 34.3 Å². The summed E-state index contributed by atoms with van der Waals surface area (Å²) in [5, 5.41) is 4.65. The number of thiophene rings is 1. The predicted octanol–water partition coefficient (Wildman–Crippen LogP) is -0.386. The van der Waals surface area contributed by atoms with Crippen molar-refractivity contribution in [2.45, 2.75) is 12.1 Å². The second-order valence-corrected chi connectivity index (χ2v) is 7.39. The summed E-state index contributed by atoms with van der Waals surface area (Å²) in [6.07, 6.45) is 1.46. The standard InChI is InChI=1S/C14H15N5O6S2/c20-13(9-3-1-2-5-15-9)17-18-14(21)11-12-8(4-6-26-12)10(7-16-11)19-25-27(22,23)24/h1-6,10-11,16,19H,7H2,(H,17,20)(H,18,21)(H,22,23,24)/t10-,11-/m0/s1. The third-order valence-corrected chi connectivity index (χ3v) is 4.95. The van der Waals surface area contributed by atoms with Gasteiger partial charge in [0.1, 0.15) is 11.7 Å². The summed E-state index contributed by atoms with van der Waals surface area (Å²) in [4.78, 5) is 28.9. The van der Waals surface area contributed by atoms with Crippen molar-refractivity contribution in [2.75, 3.05) is 6.54 Å². The van der Waals surface area contributed by atoms with Gasteiger partial charge in [-0.05, 0) is 29.1 Å². The number of nitrogens with one attached hydrogen (secondary N) is 4. The molecule has 2 aromatic heterocycles. The van der Waals surface area contributed by atoms with E-state index in [1.54, 1.807) is 23.6 Å². The molecule has 2 aromatic rings. The number of nitrogens with zero attached hydrogens (tertiary/aromatic N) is 1. The number of hydroxylamine groups is 1. The molecule has 3 heterocycles. The van der Waals surface area contributed by atoms with Crippen LogP contribution in [0.25, 0.3) is 0 Å². The van der Waals surface area contributed by atoms with Gasteiger partial charge in [0.15, 0.2) is 0 Å². The molecule has 13 heteroatoms. The van der Waals surface area contributed by atoms with E-state index in [4.69, 9.17) is 4.55 Å². The Morgan fingerprint density at radius 1 is 1.30 bits per heavy atom. The summed E-state index contributed by atoms with van der Waals surface area (Å²) in [6.45, 7) is 0.144. The minimum absolute atomic E-state index is 0.144. The first-order valence-electron chi connectivity index (χ1n) is 7.58. The quantitative estimate of drug-likeness (QED) is 0.325. The molecule has 0 aromatic carbocycles. The first-order chi connectivity index (χ1) is 12.8. The molecular formula is C14H15N5O6S2. The minimum atomic E-state index is -4.65. The average Bonchev–Trinajstić information content (AvgIpc) is 3.14. The van der Waals surface area contributed by atoms with Gasteiger partial charge in [0.2, 0.25) is 0 Å². The van der Waals surface area contributed by atoms with Crippen molar-refractivity contribution in [1.29, 1.82) is 0 Å². The molecule has 144 valence electrons. The van der Waals surface area contributed by atoms with Gasteiger partial charge in [-0.15, -0.1) is 11.3 Å². The van der Waals surface area contributed by atoms with E-state index >= 15 is 0 Å². The molecule has 0 saturated heterocycles. The second kappa shape index (κ2) is 8.08. The Hall–Kier alpha value is -2.42. The molecule has 0 unspecified atom stereocenters. The molecule has 11 nitrogen and oxygen atoms in total. The van der Waals surface area contributed by atoms with E-state index in [1.165, 1.54) is 23.6 Å². The van der Waals surface area contributed by atoms with Crippen LogP contribution in [0, 0.1) is 0 Å². The normalized spacial score (nSPS) is 19.1. The monoisotopic (exact) mass is 413 g/mol. The van der Waals surface area contributed by atoms with Gasteiger partial charge in [0, 0.05) is 17.6 Å². The van der Waals surface area contributed by atoms with Crippen molar-refractivity contribution in [3.05, 3.63) is 52.0 Å². The summed E-state index contributed by atoms with van der Waals surface area (Å²) in [7, 11) is -4.65. The van der Waals surface area contributed by atoms with Gasteiger partial charge < -0.3 is 0 Å². The molecule has 5 N–H and O–H groups in total. The second-order valence-electron chi connectivity index (χ2n) is 5.42. The number of carbonyl (C=O) groups is 2. The molecule has 0 saturated carbocycles. The van der Waals surface area contributed by atoms with Crippen LogP contribution in [0.2, 0.25) is 0 Å². The number of aromatic nitrogens is 1. The van der Waals surface area contributed by atoms with Crippen molar-refractivity contribution >= 4 is 33.6 Å². The Kier molecular flexibility index (Phi) is 5.79. The summed E-state index contributed by atoms with van der Waals surface area (Å²) in [5.74, 6) is -1.07. The molecule has 3 rings (SSSR count). The third-order valence-electron chi connectivity index (χ3n) is 3.65. The van der Waals surface area contributed by atoms with Crippen molar-refractivity contribution in [2.24, 2.45) is 0 Å². The zero-order valence-electron chi connectivity index (χ0n) is 13.6. The van der Waals surface area contributed by atoms with Crippen LogP contribution in [0.3, 0.4) is 0 Å². The maximum absolute atomic E-state index is 12.4. The van der Waals surface area contributed by atoms with Crippen LogP contribution in [-0.2, 0) is 19.5 Å². The van der Waals surface area contributed by atoms with E-state index in [0.717, 1.165) is 0 Å². The Bertz CT molecular complexity index is 932. The Morgan fingerprint density at radius 2 is 2.11 bits per heavy atom. The average molecular weight is 413 g/mol. The van der Waals surface area contributed by atoms with Crippen LogP contribution in [0.4, 0.5) is 0 Å². The zero-order valence-corrected chi connectivity index (χ0v) is 15.2. The van der Waals surface area contributed by atoms with Gasteiger partial charge in [0.05, 0.1) is 6.04 Å². The third kappa shape index (κ3) is 4.85. The summed E-state index contributed by atoms with van der Waals surface area (Å²) >= 11 is 1.27. The van der Waals surface area contributed by atoms with Crippen LogP contribution in [0.1, 0.15) is 33.0 Å². The van der Waals surface area contributed by atoms with Crippen molar-refractivity contribution < 1.29 is 26.8 Å². The maximum Gasteiger partial charge on any atom is 0.413 e. The van der Waals surface area contributed by atoms with Crippen LogP contribution < -0.4 is 21.6 Å². The van der Waals surface area contributed by atoms with Gasteiger partial charge >= 0.3 is 10.4 Å². The zero-order chi connectivity index (χ0) is 19.4. The number of pyridine rings is 1. The maximum atomic E-state index is 12.4. The van der Waals surface area contributed by atoms with Crippen molar-refractivity contribution in [3.8, 4) is 0 Å². The van der Waals surface area contributed by atoms with Crippen LogP contribution in [0.5, 0.6) is 0 Å². The number of hydrogen-bond donors (Lipinski definition) is 5. The predicted molar refractivity (Wildman–Crippen MR) is 93.4 cm³/mol. The fourth-order valence-electron chi connectivity index (χ4n) is 2.48. The first kappa shape index (κ1) is 19.3. The topological polar surface area (TPSA) is 159 Å². The van der Waals surface area contributed by atoms with Crippen LogP contribution in [0.15, 0.2) is 35.8 Å². The van der Waals surface area contributed by atoms with E-state index in [9.17, 15) is 18.0 Å². The molecule has 0 radical (unpaired) electrons. The lowest BCUT2D eigenvalue weighted by Gasteiger charge is -2.29. The van der Waals surface area contributed by atoms with Gasteiger partial charge in [0.25, 0.3) is 11.8 Å². The largest absolute Gasteiger partial charge is 0.413 e. The number of fused-ring (bicyclic) bond motifs is 1. The van der Waals surface area contributed by atoms with E-state index in [-0.39, 0.29) is 12.2 Å². The summed E-state index contributed by atoms with van der Waals surface area (Å²) < 4.78 is 34.3. The Labute approximate surface area is 158 Å². The lowest BCUT2D eigenvalue weighted by Crippen LogP contribution is -2.50. The fraction of sp³-hybridized carbons (Fsp3) is 0.214. The molecular weight excluding hydrogens is 398 g/mol. The van der Waals surface area contributed by atoms with Gasteiger partial charge in [-0.1, -0.05) is 6.07 Å². The molecule has 0 spiro atoms. The molecule has 1 aliphatic rings. The highest BCUT2D eigenvalue weighted by atomic mass is 32.3. The van der Waals surface area contributed by atoms with Crippen LogP contribution in [-0.4, -0.2) is 36.3 Å². The smallest absolute Gasteiger partial charge is 0.299 e. The Balaban J connectivity index is 1.63. The number of carbonyl (C=O) groups excluding carboxylic acids is 2. The number of hydrogen-bond acceptors (Lipinski definition) is 9. The highest BCUT2D eigenvalue weighted by Gasteiger charge is 2.33. The molecule has 0 fully saturated rings. The highest BCUT2D eigenvalue weighted by Crippen LogP contribution is 2.33. The molecule has 0 aliphatic carbocycles. The van der Waals surface area contributed by atoms with Crippen molar-refractivity contribution in [3.63, 3.8) is 0 Å². The molecule has 2 amide bonds. The van der Waals surface area contributed by atoms with Gasteiger partial charge in [-0.3, -0.25) is 35.3 Å². The van der Waals surface area contributed by atoms with Gasteiger partial charge in [-0.2, -0.15) is 18.2 Å². The van der Waals surface area contributed by atoms with E-state index in [1.807, 2.05) is 0 Å². The van der Waals surface area contributed by atoms with E-state index in [0.29, 0.717) is 10.4 Å². The molecule has 1 aliphatic heterocycles. The summed E-state index contributed by atoms with van der Waals surface area (Å²) in [6, 6.07) is 5.16. The lowest BCUT2D eigenvalue weighted by atomic mass is 9.99. The highest BCUT2D eigenvalue weighted by molar-refractivity contribution is 7.80. The molecule has 0 bridgehead atoms. The lowest BCUT2D eigenvalue weighted by molar-refractivity contribution is -0.124.